The van der Waals surface area contributed by atoms with Crippen LogP contribution in [0.5, 0.6) is 0 Å². The first-order valence-electron chi connectivity index (χ1n) is 10.4. The van der Waals surface area contributed by atoms with Crippen LogP contribution in [0.15, 0.2) is 11.6 Å². The van der Waals surface area contributed by atoms with E-state index in [0.29, 0.717) is 37.0 Å². The molecule has 0 heterocycles. The van der Waals surface area contributed by atoms with Crippen molar-refractivity contribution in [2.45, 2.75) is 76.7 Å². The molecule has 0 aromatic heterocycles. The number of hydrogen-bond donors (Lipinski definition) is 2. The number of carbonyl (C=O) groups excluding carboxylic acids is 1. The van der Waals surface area contributed by atoms with Gasteiger partial charge in [0.25, 0.3) is 0 Å². The van der Waals surface area contributed by atoms with Crippen LogP contribution >= 0.6 is 0 Å². The van der Waals surface area contributed by atoms with E-state index in [1.807, 2.05) is 6.08 Å². The van der Waals surface area contributed by atoms with Gasteiger partial charge >= 0.3 is 5.97 Å². The summed E-state index contributed by atoms with van der Waals surface area (Å²) in [6.07, 6.45) is 15.0. The van der Waals surface area contributed by atoms with Crippen molar-refractivity contribution < 1.29 is 19.8 Å². The highest BCUT2D eigenvalue weighted by atomic mass is 16.4. The highest BCUT2D eigenvalue weighted by Crippen LogP contribution is 2.68. The lowest BCUT2D eigenvalue weighted by atomic mass is 9.46. The lowest BCUT2D eigenvalue weighted by Gasteiger charge is -2.58. The quantitative estimate of drug-likeness (QED) is 0.743. The second-order valence-electron chi connectivity index (χ2n) is 9.59. The number of aliphatic hydroxyl groups is 1. The van der Waals surface area contributed by atoms with E-state index in [1.165, 1.54) is 5.57 Å². The van der Waals surface area contributed by atoms with Gasteiger partial charge in [0, 0.05) is 12.8 Å². The number of aliphatic carboxylic acids is 1. The van der Waals surface area contributed by atoms with E-state index in [2.05, 4.69) is 12.8 Å². The summed E-state index contributed by atoms with van der Waals surface area (Å²) in [5.41, 5.74) is -0.223. The predicted molar refractivity (Wildman–Crippen MR) is 102 cm³/mol. The van der Waals surface area contributed by atoms with Crippen molar-refractivity contribution in [1.29, 1.82) is 0 Å². The molecule has 4 nitrogen and oxygen atoms in total. The van der Waals surface area contributed by atoms with Crippen molar-refractivity contribution >= 4 is 11.8 Å². The van der Waals surface area contributed by atoms with Crippen LogP contribution in [0, 0.1) is 40.9 Å². The molecule has 0 radical (unpaired) electrons. The Balaban J connectivity index is 1.65. The predicted octanol–water partition coefficient (Wildman–Crippen LogP) is 3.73. The zero-order valence-electron chi connectivity index (χ0n) is 16.2. The Morgan fingerprint density at radius 2 is 1.96 bits per heavy atom. The minimum absolute atomic E-state index is 0.0240. The van der Waals surface area contributed by atoms with Crippen LogP contribution in [0.25, 0.3) is 0 Å². The number of rotatable bonds is 3. The third-order valence-corrected chi connectivity index (χ3v) is 8.82. The van der Waals surface area contributed by atoms with Crippen LogP contribution in [0.4, 0.5) is 0 Å². The lowest BCUT2D eigenvalue weighted by molar-refractivity contribution is -0.146. The average Bonchev–Trinajstić information content (AvgIpc) is 2.91. The maximum atomic E-state index is 12.0. The van der Waals surface area contributed by atoms with Crippen molar-refractivity contribution in [3.63, 3.8) is 0 Å². The first-order chi connectivity index (χ1) is 12.8. The number of carbonyl (C=O) groups is 2. The molecule has 3 saturated carbocycles. The maximum absolute atomic E-state index is 12.0. The van der Waals surface area contributed by atoms with E-state index in [-0.39, 0.29) is 23.0 Å². The number of carboxylic acid groups (broad SMARTS) is 1. The van der Waals surface area contributed by atoms with Crippen molar-refractivity contribution in [2.75, 3.05) is 0 Å². The zero-order chi connectivity index (χ0) is 19.4. The van der Waals surface area contributed by atoms with E-state index < -0.39 is 11.6 Å². The van der Waals surface area contributed by atoms with Crippen LogP contribution in [0.1, 0.15) is 71.1 Å². The van der Waals surface area contributed by atoms with Gasteiger partial charge in [-0.15, -0.1) is 6.42 Å². The molecule has 4 rings (SSSR count). The fraction of sp³-hybridized carbons (Fsp3) is 0.739. The normalized spacial score (nSPS) is 45.9. The van der Waals surface area contributed by atoms with E-state index in [1.54, 1.807) is 0 Å². The van der Waals surface area contributed by atoms with Gasteiger partial charge in [0.15, 0.2) is 5.78 Å². The van der Waals surface area contributed by atoms with E-state index >= 15 is 0 Å². The Kier molecular flexibility index (Phi) is 4.31. The van der Waals surface area contributed by atoms with Crippen LogP contribution in [0.2, 0.25) is 0 Å². The Bertz CT molecular complexity index is 746. The van der Waals surface area contributed by atoms with Gasteiger partial charge in [0.2, 0.25) is 0 Å². The topological polar surface area (TPSA) is 74.6 Å². The fourth-order valence-corrected chi connectivity index (χ4v) is 7.33. The minimum Gasteiger partial charge on any atom is -0.481 e. The second kappa shape index (κ2) is 6.21. The van der Waals surface area contributed by atoms with Gasteiger partial charge in [0.1, 0.15) is 0 Å². The molecular weight excluding hydrogens is 340 g/mol. The zero-order valence-corrected chi connectivity index (χ0v) is 16.2. The number of terminal acetylenes is 1. The molecular formula is C23H30O4. The molecule has 4 aliphatic rings. The van der Waals surface area contributed by atoms with Crippen molar-refractivity contribution in [1.82, 2.24) is 0 Å². The molecule has 0 saturated heterocycles. The summed E-state index contributed by atoms with van der Waals surface area (Å²) in [6.45, 7) is 2.18. The molecule has 4 heteroatoms. The molecule has 0 bridgehead atoms. The summed E-state index contributed by atoms with van der Waals surface area (Å²) in [5, 5.41) is 20.5. The second-order valence-corrected chi connectivity index (χ2v) is 9.59. The van der Waals surface area contributed by atoms with Gasteiger partial charge in [-0.25, -0.2) is 0 Å². The molecule has 2 N–H and O–H groups in total. The highest BCUT2D eigenvalue weighted by Gasteiger charge is 2.64. The minimum atomic E-state index is -0.886. The third kappa shape index (κ3) is 2.54. The van der Waals surface area contributed by atoms with Gasteiger partial charge in [-0.05, 0) is 86.2 Å². The lowest BCUT2D eigenvalue weighted by Crippen LogP contribution is -2.55. The molecule has 146 valence electrons. The van der Waals surface area contributed by atoms with Crippen LogP contribution in [0.3, 0.4) is 0 Å². The molecule has 0 aromatic carbocycles. The van der Waals surface area contributed by atoms with Crippen molar-refractivity contribution in [3.8, 4) is 12.3 Å². The molecule has 3 fully saturated rings. The summed E-state index contributed by atoms with van der Waals surface area (Å²) < 4.78 is 0. The van der Waals surface area contributed by atoms with E-state index in [9.17, 15) is 14.7 Å². The average molecular weight is 370 g/mol. The van der Waals surface area contributed by atoms with Crippen molar-refractivity contribution in [2.24, 2.45) is 28.6 Å². The standard InChI is InChI=1S/C23H30O4/c1-3-22-11-6-16(24)14-15(22)4-5-17-18-8-12-23(27,13-9-20(25)26)21(18,2)10-7-19(17)22/h1,14,17-19,27H,4-13H2,2H3,(H,25,26)/t17-,18-,19-,21-,22-,23+/m0/s1. The van der Waals surface area contributed by atoms with E-state index in [4.69, 9.17) is 11.5 Å². The van der Waals surface area contributed by atoms with Gasteiger partial charge in [-0.1, -0.05) is 12.8 Å². The summed E-state index contributed by atoms with van der Waals surface area (Å²) in [7, 11) is 0. The van der Waals surface area contributed by atoms with Gasteiger partial charge < -0.3 is 10.2 Å². The van der Waals surface area contributed by atoms with Gasteiger partial charge in [-0.2, -0.15) is 0 Å². The molecule has 0 aromatic rings. The first kappa shape index (κ1) is 18.7. The van der Waals surface area contributed by atoms with Gasteiger partial charge in [-0.3, -0.25) is 9.59 Å². The Morgan fingerprint density at radius 1 is 1.22 bits per heavy atom. The highest BCUT2D eigenvalue weighted by molar-refractivity contribution is 5.92. The molecule has 6 atom stereocenters. The largest absolute Gasteiger partial charge is 0.481 e. The van der Waals surface area contributed by atoms with Crippen LogP contribution < -0.4 is 0 Å². The van der Waals surface area contributed by atoms with Gasteiger partial charge in [0.05, 0.1) is 11.0 Å². The number of fused-ring (bicyclic) bond motifs is 5. The SMILES string of the molecule is C#C[C@]12CCC(=O)C=C1CC[C@@H]1[C@@H]2CC[C@@]2(C)[C@H]1CC[C@@]2(O)CCC(=O)O. The monoisotopic (exact) mass is 370 g/mol. The fourth-order valence-electron chi connectivity index (χ4n) is 7.33. The van der Waals surface area contributed by atoms with E-state index in [0.717, 1.165) is 38.5 Å². The van der Waals surface area contributed by atoms with Crippen LogP contribution in [-0.4, -0.2) is 27.6 Å². The smallest absolute Gasteiger partial charge is 0.303 e. The molecule has 0 aliphatic heterocycles. The Hall–Kier alpha value is -1.60. The summed E-state index contributed by atoms with van der Waals surface area (Å²) >= 11 is 0. The maximum Gasteiger partial charge on any atom is 0.303 e. The molecule has 0 spiro atoms. The summed E-state index contributed by atoms with van der Waals surface area (Å²) in [6, 6.07) is 0. The van der Waals surface area contributed by atoms with Crippen molar-refractivity contribution in [3.05, 3.63) is 11.6 Å². The first-order valence-corrected chi connectivity index (χ1v) is 10.4. The molecule has 0 unspecified atom stereocenters. The number of carboxylic acids is 1. The third-order valence-electron chi connectivity index (χ3n) is 8.82. The molecule has 4 aliphatic carbocycles. The number of hydrogen-bond acceptors (Lipinski definition) is 3. The summed E-state index contributed by atoms with van der Waals surface area (Å²) in [5.74, 6) is 3.74. The number of allylic oxidation sites excluding steroid dienone is 1. The molecule has 0 amide bonds. The Labute approximate surface area is 161 Å². The number of ketones is 1. The Morgan fingerprint density at radius 3 is 2.67 bits per heavy atom. The van der Waals surface area contributed by atoms with Crippen LogP contribution in [-0.2, 0) is 9.59 Å². The molecule has 27 heavy (non-hydrogen) atoms. The summed E-state index contributed by atoms with van der Waals surface area (Å²) in [4.78, 5) is 23.0.